The number of ether oxygens (including phenoxy) is 2. The Morgan fingerprint density at radius 3 is 2.40 bits per heavy atom. The molecule has 3 heterocycles. The summed E-state index contributed by atoms with van der Waals surface area (Å²) in [7, 11) is 2.38. The predicted octanol–water partition coefficient (Wildman–Crippen LogP) is 5.56. The molecule has 1 amide bonds. The molecule has 13 heteroatoms. The van der Waals surface area contributed by atoms with Gasteiger partial charge in [0.05, 0.1) is 25.3 Å². The molecule has 242 valence electrons. The Morgan fingerprint density at radius 2 is 1.69 bits per heavy atom. The SMILES string of the molecule is COc1cc(C(=O)N2CCN(CCN3CCc4ncccc4C3)C[C@H]2Cc2ccc(C(F)(F)F)c(OC)c2)cc(C(F)(F)F)c1. The lowest BCUT2D eigenvalue weighted by molar-refractivity contribution is -0.139. The van der Waals surface area contributed by atoms with Gasteiger partial charge in [-0.15, -0.1) is 0 Å². The van der Waals surface area contributed by atoms with Crippen LogP contribution in [0.2, 0.25) is 0 Å². The molecule has 2 aromatic carbocycles. The van der Waals surface area contributed by atoms with Crippen LogP contribution in [0.1, 0.15) is 38.3 Å². The van der Waals surface area contributed by atoms with E-state index in [0.29, 0.717) is 25.2 Å². The van der Waals surface area contributed by atoms with Crippen LogP contribution in [0.3, 0.4) is 0 Å². The summed E-state index contributed by atoms with van der Waals surface area (Å²) in [6.45, 7) is 4.17. The van der Waals surface area contributed by atoms with E-state index in [9.17, 15) is 31.1 Å². The summed E-state index contributed by atoms with van der Waals surface area (Å²) in [6.07, 6.45) is -6.49. The van der Waals surface area contributed by atoms with Gasteiger partial charge in [-0.3, -0.25) is 19.6 Å². The molecule has 0 radical (unpaired) electrons. The predicted molar refractivity (Wildman–Crippen MR) is 154 cm³/mol. The summed E-state index contributed by atoms with van der Waals surface area (Å²) in [6, 6.07) is 9.95. The summed E-state index contributed by atoms with van der Waals surface area (Å²) in [5.74, 6) is -1.05. The molecular formula is C32H34F6N4O3. The van der Waals surface area contributed by atoms with E-state index in [2.05, 4.69) is 20.9 Å². The van der Waals surface area contributed by atoms with Gasteiger partial charge in [-0.2, -0.15) is 26.3 Å². The van der Waals surface area contributed by atoms with Gasteiger partial charge in [0, 0.05) is 75.7 Å². The molecule has 1 fully saturated rings. The Kier molecular flexibility index (Phi) is 9.59. The number of methoxy groups -OCH3 is 2. The minimum absolute atomic E-state index is 0.103. The van der Waals surface area contributed by atoms with Crippen molar-refractivity contribution in [2.45, 2.75) is 37.8 Å². The molecule has 5 rings (SSSR count). The van der Waals surface area contributed by atoms with E-state index in [0.717, 1.165) is 57.1 Å². The number of carbonyl (C=O) groups excluding carboxylic acids is 1. The molecule has 1 atom stereocenters. The summed E-state index contributed by atoms with van der Waals surface area (Å²) < 4.78 is 91.4. The van der Waals surface area contributed by atoms with E-state index in [1.54, 1.807) is 6.20 Å². The van der Waals surface area contributed by atoms with Crippen LogP contribution in [0.25, 0.3) is 0 Å². The average Bonchev–Trinajstić information content (AvgIpc) is 3.02. The first-order valence-corrected chi connectivity index (χ1v) is 14.5. The minimum atomic E-state index is -4.69. The van der Waals surface area contributed by atoms with Gasteiger partial charge in [0.25, 0.3) is 5.91 Å². The summed E-state index contributed by atoms with van der Waals surface area (Å²) >= 11 is 0. The molecule has 45 heavy (non-hydrogen) atoms. The summed E-state index contributed by atoms with van der Waals surface area (Å²) in [4.78, 5) is 24.2. The topological polar surface area (TPSA) is 58.1 Å². The highest BCUT2D eigenvalue weighted by molar-refractivity contribution is 5.95. The Balaban J connectivity index is 1.37. The fraction of sp³-hybridized carbons (Fsp3) is 0.438. The summed E-state index contributed by atoms with van der Waals surface area (Å²) in [5, 5.41) is 0. The lowest BCUT2D eigenvalue weighted by Crippen LogP contribution is -2.57. The van der Waals surface area contributed by atoms with Gasteiger partial charge in [0.2, 0.25) is 0 Å². The highest BCUT2D eigenvalue weighted by Crippen LogP contribution is 2.37. The van der Waals surface area contributed by atoms with Crippen LogP contribution < -0.4 is 9.47 Å². The zero-order valence-electron chi connectivity index (χ0n) is 24.9. The highest BCUT2D eigenvalue weighted by atomic mass is 19.4. The Morgan fingerprint density at radius 1 is 0.911 bits per heavy atom. The largest absolute Gasteiger partial charge is 0.497 e. The fourth-order valence-corrected chi connectivity index (χ4v) is 6.00. The molecule has 7 nitrogen and oxygen atoms in total. The zero-order chi connectivity index (χ0) is 32.4. The van der Waals surface area contributed by atoms with Crippen LogP contribution in [0, 0.1) is 0 Å². The van der Waals surface area contributed by atoms with Crippen molar-refractivity contribution in [3.05, 3.63) is 88.2 Å². The second kappa shape index (κ2) is 13.3. The van der Waals surface area contributed by atoms with Crippen molar-refractivity contribution in [1.82, 2.24) is 19.7 Å². The number of benzene rings is 2. The number of hydrogen-bond donors (Lipinski definition) is 0. The number of nitrogens with zero attached hydrogens (tertiary/aromatic N) is 4. The number of aromatic nitrogens is 1. The third-order valence-electron chi connectivity index (χ3n) is 8.36. The van der Waals surface area contributed by atoms with Crippen LogP contribution in [0.5, 0.6) is 11.5 Å². The number of carbonyl (C=O) groups is 1. The van der Waals surface area contributed by atoms with Gasteiger partial charge in [0.15, 0.2) is 0 Å². The normalized spacial score (nSPS) is 18.0. The van der Waals surface area contributed by atoms with Crippen molar-refractivity contribution in [1.29, 1.82) is 0 Å². The molecule has 2 aliphatic rings. The van der Waals surface area contributed by atoms with Gasteiger partial charge in [-0.1, -0.05) is 12.1 Å². The number of pyridine rings is 1. The minimum Gasteiger partial charge on any atom is -0.497 e. The van der Waals surface area contributed by atoms with Crippen LogP contribution in [-0.4, -0.2) is 85.1 Å². The number of amides is 1. The number of halogens is 6. The molecule has 0 saturated carbocycles. The Hall–Kier alpha value is -3.84. The number of fused-ring (bicyclic) bond motifs is 1. The average molecular weight is 637 g/mol. The zero-order valence-corrected chi connectivity index (χ0v) is 24.9. The quantitative estimate of drug-likeness (QED) is 0.302. The second-order valence-electron chi connectivity index (χ2n) is 11.3. The van der Waals surface area contributed by atoms with Crippen LogP contribution in [0.4, 0.5) is 26.3 Å². The van der Waals surface area contributed by atoms with E-state index in [4.69, 9.17) is 9.47 Å². The van der Waals surface area contributed by atoms with Crippen molar-refractivity contribution in [3.63, 3.8) is 0 Å². The molecule has 2 aliphatic heterocycles. The van der Waals surface area contributed by atoms with Crippen molar-refractivity contribution in [2.24, 2.45) is 0 Å². The smallest absolute Gasteiger partial charge is 0.419 e. The lowest BCUT2D eigenvalue weighted by atomic mass is 9.98. The van der Waals surface area contributed by atoms with Crippen molar-refractivity contribution in [3.8, 4) is 11.5 Å². The first-order chi connectivity index (χ1) is 21.4. The monoisotopic (exact) mass is 636 g/mol. The first-order valence-electron chi connectivity index (χ1n) is 14.5. The number of alkyl halides is 6. The Labute approximate surface area is 257 Å². The molecule has 0 N–H and O–H groups in total. The molecule has 1 saturated heterocycles. The van der Waals surface area contributed by atoms with E-state index in [1.807, 2.05) is 6.07 Å². The van der Waals surface area contributed by atoms with Crippen LogP contribution >= 0.6 is 0 Å². The maximum atomic E-state index is 13.8. The molecule has 0 bridgehead atoms. The van der Waals surface area contributed by atoms with Crippen molar-refractivity contribution >= 4 is 5.91 Å². The number of rotatable bonds is 8. The number of piperazine rings is 1. The molecule has 3 aromatic rings. The standard InChI is InChI=1S/C32H34F6N4O3/c1-44-26-17-23(16-24(18-26)31(33,34)35)30(43)42-13-12-41(11-10-40-9-7-28-22(19-40)4-3-8-39-28)20-25(42)14-21-5-6-27(32(36,37)38)29(15-21)45-2/h3-6,8,15-18,25H,7,9-14,19-20H2,1-2H3/t25-/m1/s1. The van der Waals surface area contributed by atoms with Gasteiger partial charge in [-0.25, -0.2) is 0 Å². The third kappa shape index (κ3) is 7.70. The fourth-order valence-electron chi connectivity index (χ4n) is 6.00. The maximum Gasteiger partial charge on any atom is 0.419 e. The van der Waals surface area contributed by atoms with Gasteiger partial charge < -0.3 is 14.4 Å². The van der Waals surface area contributed by atoms with E-state index < -0.39 is 35.4 Å². The van der Waals surface area contributed by atoms with Crippen LogP contribution in [-0.2, 0) is 31.7 Å². The van der Waals surface area contributed by atoms with Crippen LogP contribution in [0.15, 0.2) is 54.7 Å². The van der Waals surface area contributed by atoms with Crippen molar-refractivity contribution in [2.75, 3.05) is 53.5 Å². The maximum absolute atomic E-state index is 13.8. The Bertz CT molecular complexity index is 1510. The lowest BCUT2D eigenvalue weighted by Gasteiger charge is -2.42. The number of hydrogen-bond acceptors (Lipinski definition) is 6. The third-order valence-corrected chi connectivity index (χ3v) is 8.36. The summed E-state index contributed by atoms with van der Waals surface area (Å²) in [5.41, 5.74) is 0.688. The van der Waals surface area contributed by atoms with Gasteiger partial charge in [0.1, 0.15) is 11.5 Å². The molecule has 1 aromatic heterocycles. The van der Waals surface area contributed by atoms with E-state index >= 15 is 0 Å². The molecule has 0 spiro atoms. The van der Waals surface area contributed by atoms with Crippen molar-refractivity contribution < 1.29 is 40.6 Å². The van der Waals surface area contributed by atoms with E-state index in [1.165, 1.54) is 35.8 Å². The first kappa shape index (κ1) is 32.6. The van der Waals surface area contributed by atoms with Gasteiger partial charge >= 0.3 is 12.4 Å². The highest BCUT2D eigenvalue weighted by Gasteiger charge is 2.37. The van der Waals surface area contributed by atoms with E-state index in [-0.39, 0.29) is 30.0 Å². The molecule has 0 aliphatic carbocycles. The van der Waals surface area contributed by atoms with Gasteiger partial charge in [-0.05, 0) is 53.9 Å². The molecule has 0 unspecified atom stereocenters. The molecular weight excluding hydrogens is 602 g/mol. The second-order valence-corrected chi connectivity index (χ2v) is 11.3.